The average Bonchev–Trinajstić information content (AvgIpc) is 3.14. The van der Waals surface area contributed by atoms with E-state index in [1.54, 1.807) is 7.05 Å². The van der Waals surface area contributed by atoms with Gasteiger partial charge in [-0.05, 0) is 6.07 Å². The first-order chi connectivity index (χ1) is 11.7. The Labute approximate surface area is 144 Å². The van der Waals surface area contributed by atoms with Crippen molar-refractivity contribution < 1.29 is 28.7 Å². The zero-order valence-electron chi connectivity index (χ0n) is 13.9. The number of hydrogen-bond acceptors (Lipinski definition) is 8. The molecule has 2 aliphatic heterocycles. The molecule has 0 aromatic carbocycles. The molecule has 5 atom stereocenters. The van der Waals surface area contributed by atoms with Crippen molar-refractivity contribution in [1.82, 2.24) is 9.55 Å². The van der Waals surface area contributed by atoms with Crippen molar-refractivity contribution in [3.05, 3.63) is 22.7 Å². The van der Waals surface area contributed by atoms with Crippen molar-refractivity contribution in [3.63, 3.8) is 0 Å². The molecule has 3 heterocycles. The van der Waals surface area contributed by atoms with E-state index in [1.165, 1.54) is 12.3 Å². The summed E-state index contributed by atoms with van der Waals surface area (Å²) in [7, 11) is -2.77. The first kappa shape index (κ1) is 18.5. The molecule has 11 heteroatoms. The maximum atomic E-state index is 12.8. The number of aliphatic hydroxyl groups excluding tert-OH is 2. The van der Waals surface area contributed by atoms with Gasteiger partial charge in [-0.1, -0.05) is 0 Å². The highest BCUT2D eigenvalue weighted by atomic mass is 31.2. The summed E-state index contributed by atoms with van der Waals surface area (Å²) in [5, 5.41) is 20.7. The van der Waals surface area contributed by atoms with E-state index in [4.69, 9.17) is 10.5 Å². The number of anilines is 1. The van der Waals surface area contributed by atoms with Crippen molar-refractivity contribution in [3.8, 4) is 0 Å². The zero-order chi connectivity index (χ0) is 18.4. The number of nitrogen functional groups attached to an aromatic ring is 1. The van der Waals surface area contributed by atoms with Crippen LogP contribution in [0.4, 0.5) is 5.82 Å². The lowest BCUT2D eigenvalue weighted by atomic mass is 10.2. The number of aromatic nitrogens is 2. The number of hydrogen-bond donors (Lipinski definition) is 3. The van der Waals surface area contributed by atoms with Gasteiger partial charge in [-0.2, -0.15) is 4.98 Å². The van der Waals surface area contributed by atoms with Gasteiger partial charge < -0.3 is 25.6 Å². The molecule has 2 aliphatic rings. The lowest BCUT2D eigenvalue weighted by Gasteiger charge is -2.45. The van der Waals surface area contributed by atoms with Crippen molar-refractivity contribution >= 4 is 13.3 Å². The molecule has 25 heavy (non-hydrogen) atoms. The lowest BCUT2D eigenvalue weighted by molar-refractivity contribution is -0.797. The molecule has 0 saturated carbocycles. The Balaban J connectivity index is 1.81. The Morgan fingerprint density at radius 3 is 2.76 bits per heavy atom. The quantitative estimate of drug-likeness (QED) is 0.544. The fourth-order valence-corrected chi connectivity index (χ4v) is 5.58. The number of nitrogens with zero attached hydrogens (tertiary/aromatic N) is 3. The van der Waals surface area contributed by atoms with Gasteiger partial charge in [0, 0.05) is 25.5 Å². The summed E-state index contributed by atoms with van der Waals surface area (Å²) in [6, 6.07) is 1.40. The minimum Gasteiger partial charge on any atom is -0.752 e. The fraction of sp³-hybridized carbons (Fsp3) is 0.714. The second kappa shape index (κ2) is 6.46. The van der Waals surface area contributed by atoms with Gasteiger partial charge in [0.2, 0.25) is 7.52 Å². The summed E-state index contributed by atoms with van der Waals surface area (Å²) in [6.07, 6.45) is -0.607. The second-order valence-corrected chi connectivity index (χ2v) is 9.49. The maximum absolute atomic E-state index is 12.8. The summed E-state index contributed by atoms with van der Waals surface area (Å²) < 4.78 is 19.2. The minimum absolute atomic E-state index is 0.0308. The number of ether oxygens (including phenoxy) is 1. The molecule has 3 rings (SSSR count). The van der Waals surface area contributed by atoms with Crippen LogP contribution in [0.3, 0.4) is 0 Å². The van der Waals surface area contributed by atoms with Crippen LogP contribution in [0.15, 0.2) is 17.1 Å². The summed E-state index contributed by atoms with van der Waals surface area (Å²) in [5.74, 6) is -1.81. The highest BCUT2D eigenvalue weighted by Gasteiger charge is 2.51. The van der Waals surface area contributed by atoms with Crippen LogP contribution >= 0.6 is 7.52 Å². The monoisotopic (exact) mass is 374 g/mol. The molecular formula is C14H23N4O6P. The van der Waals surface area contributed by atoms with Crippen LogP contribution in [0.25, 0.3) is 0 Å². The molecule has 2 fully saturated rings. The largest absolute Gasteiger partial charge is 0.752 e. The van der Waals surface area contributed by atoms with Gasteiger partial charge in [-0.15, -0.1) is 0 Å². The molecular weight excluding hydrogens is 351 g/mol. The predicted molar refractivity (Wildman–Crippen MR) is 86.2 cm³/mol. The molecule has 0 radical (unpaired) electrons. The summed E-state index contributed by atoms with van der Waals surface area (Å²) in [6.45, 7) is 0.844. The SMILES string of the molecule is C[N+]1(P(=O)([O-])C(O)[C@H]2O[C@@H](n3ccc(N)nc3=O)C[C@@H]2O)CCCC1. The van der Waals surface area contributed by atoms with E-state index in [9.17, 15) is 24.5 Å². The molecule has 10 nitrogen and oxygen atoms in total. The summed E-state index contributed by atoms with van der Waals surface area (Å²) in [4.78, 5) is 28.3. The normalized spacial score (nSPS) is 32.4. The number of nitrogens with two attached hydrogens (primary N) is 1. The lowest BCUT2D eigenvalue weighted by Crippen LogP contribution is -2.50. The molecule has 140 valence electrons. The van der Waals surface area contributed by atoms with Gasteiger partial charge in [0.05, 0.1) is 26.2 Å². The van der Waals surface area contributed by atoms with E-state index in [1.807, 2.05) is 0 Å². The fourth-order valence-electron chi connectivity index (χ4n) is 3.53. The van der Waals surface area contributed by atoms with Crippen LogP contribution < -0.4 is 16.3 Å². The summed E-state index contributed by atoms with van der Waals surface area (Å²) >= 11 is 0. The standard InChI is InChI=1S/C14H23N4O6P/c1-18(6-2-3-7-18)25(22,23)13(20)12-9(19)8-11(24-12)17-5-4-10(15)16-14(17)21/h4-5,9,11-13,19-20H,2-3,6-8H2,1H3,(H2-,15,16,21,22,23)/t9-,11+,12-,13?/m0/s1. The molecule has 0 amide bonds. The molecule has 1 aromatic heterocycles. The molecule has 2 saturated heterocycles. The maximum Gasteiger partial charge on any atom is 0.351 e. The van der Waals surface area contributed by atoms with Crippen molar-refractivity contribution in [2.75, 3.05) is 25.9 Å². The Bertz CT molecular complexity index is 749. The molecule has 0 bridgehead atoms. The van der Waals surface area contributed by atoms with Crippen LogP contribution in [-0.2, 0) is 9.30 Å². The third-order valence-electron chi connectivity index (χ3n) is 5.13. The molecule has 1 aromatic rings. The van der Waals surface area contributed by atoms with Crippen molar-refractivity contribution in [2.24, 2.45) is 0 Å². The highest BCUT2D eigenvalue weighted by Crippen LogP contribution is 2.55. The van der Waals surface area contributed by atoms with Crippen LogP contribution in [0, 0.1) is 0 Å². The number of quaternary nitrogens is 1. The average molecular weight is 374 g/mol. The van der Waals surface area contributed by atoms with E-state index in [2.05, 4.69) is 4.98 Å². The first-order valence-electron chi connectivity index (χ1n) is 8.18. The van der Waals surface area contributed by atoms with E-state index >= 15 is 0 Å². The highest BCUT2D eigenvalue weighted by molar-refractivity contribution is 7.51. The second-order valence-electron chi connectivity index (χ2n) is 6.87. The van der Waals surface area contributed by atoms with Gasteiger partial charge in [0.15, 0.2) is 5.85 Å². The molecule has 0 aliphatic carbocycles. The third-order valence-corrected chi connectivity index (χ3v) is 7.84. The van der Waals surface area contributed by atoms with E-state index in [0.717, 1.165) is 17.4 Å². The molecule has 4 N–H and O–H groups in total. The first-order valence-corrected chi connectivity index (χ1v) is 9.82. The Morgan fingerprint density at radius 1 is 1.52 bits per heavy atom. The Kier molecular flexibility index (Phi) is 4.78. The molecule has 2 unspecified atom stereocenters. The van der Waals surface area contributed by atoms with Crippen LogP contribution in [0.5, 0.6) is 0 Å². The van der Waals surface area contributed by atoms with Gasteiger partial charge in [-0.25, -0.2) is 4.79 Å². The van der Waals surface area contributed by atoms with E-state index in [0.29, 0.717) is 13.1 Å². The molecule has 0 spiro atoms. The third kappa shape index (κ3) is 3.14. The van der Waals surface area contributed by atoms with E-state index in [-0.39, 0.29) is 16.5 Å². The number of aliphatic hydroxyl groups is 2. The predicted octanol–water partition coefficient (Wildman–Crippen LogP) is -1.41. The Hall–Kier alpha value is -1.29. The zero-order valence-corrected chi connectivity index (χ0v) is 14.8. The number of rotatable bonds is 4. The van der Waals surface area contributed by atoms with Gasteiger partial charge in [0.25, 0.3) is 0 Å². The van der Waals surface area contributed by atoms with Gasteiger partial charge >= 0.3 is 5.69 Å². The van der Waals surface area contributed by atoms with E-state index < -0.39 is 37.5 Å². The smallest absolute Gasteiger partial charge is 0.351 e. The van der Waals surface area contributed by atoms with Gasteiger partial charge in [0.1, 0.15) is 18.1 Å². The summed E-state index contributed by atoms with van der Waals surface area (Å²) in [5.41, 5.74) is 4.77. The minimum atomic E-state index is -4.33. The van der Waals surface area contributed by atoms with Crippen molar-refractivity contribution in [2.45, 2.75) is 43.5 Å². The van der Waals surface area contributed by atoms with Crippen molar-refractivity contribution in [1.29, 1.82) is 0 Å². The van der Waals surface area contributed by atoms with Crippen LogP contribution in [0.1, 0.15) is 25.5 Å². The Morgan fingerprint density at radius 2 is 2.16 bits per heavy atom. The topological polar surface area (TPSA) is 151 Å². The van der Waals surface area contributed by atoms with Crippen LogP contribution in [-0.4, -0.2) is 62.2 Å². The number of likely N-dealkylation sites (tertiary alicyclic amines) is 1. The van der Waals surface area contributed by atoms with Gasteiger partial charge in [-0.3, -0.25) is 13.4 Å². The van der Waals surface area contributed by atoms with Crippen LogP contribution in [0.2, 0.25) is 0 Å².